The number of benzene rings is 1. The molecule has 0 unspecified atom stereocenters. The first-order valence-electron chi connectivity index (χ1n) is 7.51. The first kappa shape index (κ1) is 16.3. The molecule has 2 aromatic rings. The van der Waals surface area contributed by atoms with Crippen LogP contribution in [0.4, 0.5) is 0 Å². The van der Waals surface area contributed by atoms with E-state index in [0.717, 1.165) is 24.9 Å². The zero-order valence-electron chi connectivity index (χ0n) is 12.8. The van der Waals surface area contributed by atoms with Crippen molar-refractivity contribution in [3.05, 3.63) is 57.8 Å². The first-order valence-corrected chi connectivity index (χ1v) is 8.45. The second kappa shape index (κ2) is 8.35. The van der Waals surface area contributed by atoms with E-state index in [9.17, 15) is 4.79 Å². The fourth-order valence-corrected chi connectivity index (χ4v) is 3.01. The monoisotopic (exact) mass is 312 g/mol. The van der Waals surface area contributed by atoms with E-state index in [1.54, 1.807) is 23.5 Å². The zero-order chi connectivity index (χ0) is 15.8. The standard InChI is InChI=1S/C18H20N2OS/c1-2-10-20(13-16-5-3-15(12-19)4-6-16)18(21)8-7-17-9-11-22-14-17/h3-6,9,11,14H,2,7-8,10,13H2,1H3. The lowest BCUT2D eigenvalue weighted by molar-refractivity contribution is -0.131. The van der Waals surface area contributed by atoms with Crippen LogP contribution in [-0.4, -0.2) is 17.4 Å². The summed E-state index contributed by atoms with van der Waals surface area (Å²) in [6, 6.07) is 11.6. The highest BCUT2D eigenvalue weighted by molar-refractivity contribution is 7.07. The van der Waals surface area contributed by atoms with Gasteiger partial charge in [-0.25, -0.2) is 0 Å². The minimum atomic E-state index is 0.192. The molecule has 114 valence electrons. The minimum absolute atomic E-state index is 0.192. The molecule has 0 atom stereocenters. The number of carbonyl (C=O) groups is 1. The lowest BCUT2D eigenvalue weighted by atomic mass is 10.1. The van der Waals surface area contributed by atoms with Crippen molar-refractivity contribution in [2.24, 2.45) is 0 Å². The van der Waals surface area contributed by atoms with Gasteiger partial charge in [-0.05, 0) is 52.9 Å². The highest BCUT2D eigenvalue weighted by Gasteiger charge is 2.13. The summed E-state index contributed by atoms with van der Waals surface area (Å²) in [7, 11) is 0. The van der Waals surface area contributed by atoms with Gasteiger partial charge in [0.15, 0.2) is 0 Å². The lowest BCUT2D eigenvalue weighted by Gasteiger charge is -2.22. The van der Waals surface area contributed by atoms with Crippen molar-refractivity contribution in [2.75, 3.05) is 6.54 Å². The minimum Gasteiger partial charge on any atom is -0.338 e. The maximum Gasteiger partial charge on any atom is 0.223 e. The van der Waals surface area contributed by atoms with Crippen LogP contribution >= 0.6 is 11.3 Å². The van der Waals surface area contributed by atoms with Gasteiger partial charge in [0.05, 0.1) is 11.6 Å². The molecule has 0 spiro atoms. The van der Waals surface area contributed by atoms with Crippen LogP contribution in [0.15, 0.2) is 41.1 Å². The Morgan fingerprint density at radius 3 is 2.59 bits per heavy atom. The molecule has 1 heterocycles. The van der Waals surface area contributed by atoms with Crippen molar-refractivity contribution in [3.8, 4) is 6.07 Å². The number of nitriles is 1. The Morgan fingerprint density at radius 1 is 1.23 bits per heavy atom. The number of amides is 1. The van der Waals surface area contributed by atoms with Gasteiger partial charge in [-0.1, -0.05) is 19.1 Å². The number of carbonyl (C=O) groups excluding carboxylic acids is 1. The van der Waals surface area contributed by atoms with Crippen molar-refractivity contribution in [3.63, 3.8) is 0 Å². The van der Waals surface area contributed by atoms with Crippen molar-refractivity contribution in [1.29, 1.82) is 5.26 Å². The molecule has 1 aromatic carbocycles. The molecule has 0 radical (unpaired) electrons. The van der Waals surface area contributed by atoms with Crippen LogP contribution in [0.1, 0.15) is 36.5 Å². The van der Waals surface area contributed by atoms with E-state index < -0.39 is 0 Å². The Hall–Kier alpha value is -2.12. The quantitative estimate of drug-likeness (QED) is 0.776. The molecule has 0 saturated carbocycles. The van der Waals surface area contributed by atoms with Crippen LogP contribution in [0, 0.1) is 11.3 Å². The molecule has 2 rings (SSSR count). The number of aryl methyl sites for hydroxylation is 1. The van der Waals surface area contributed by atoms with Crippen LogP contribution in [-0.2, 0) is 17.8 Å². The summed E-state index contributed by atoms with van der Waals surface area (Å²) >= 11 is 1.66. The summed E-state index contributed by atoms with van der Waals surface area (Å²) in [6.45, 7) is 3.46. The van der Waals surface area contributed by atoms with Crippen molar-refractivity contribution in [1.82, 2.24) is 4.90 Å². The largest absolute Gasteiger partial charge is 0.338 e. The molecule has 0 saturated heterocycles. The third-order valence-electron chi connectivity index (χ3n) is 3.51. The topological polar surface area (TPSA) is 44.1 Å². The summed E-state index contributed by atoms with van der Waals surface area (Å²) in [5, 5.41) is 13.0. The highest BCUT2D eigenvalue weighted by Crippen LogP contribution is 2.12. The van der Waals surface area contributed by atoms with Gasteiger partial charge in [0.1, 0.15) is 0 Å². The summed E-state index contributed by atoms with van der Waals surface area (Å²) in [6.07, 6.45) is 2.30. The molecule has 1 aromatic heterocycles. The van der Waals surface area contributed by atoms with Crippen molar-refractivity contribution < 1.29 is 4.79 Å². The van der Waals surface area contributed by atoms with E-state index in [2.05, 4.69) is 24.4 Å². The molecule has 0 aliphatic carbocycles. The van der Waals surface area contributed by atoms with E-state index >= 15 is 0 Å². The van der Waals surface area contributed by atoms with Gasteiger partial charge in [0.2, 0.25) is 5.91 Å². The van der Waals surface area contributed by atoms with Crippen LogP contribution in [0.25, 0.3) is 0 Å². The second-order valence-electron chi connectivity index (χ2n) is 5.26. The summed E-state index contributed by atoms with van der Waals surface area (Å²) in [5.41, 5.74) is 2.94. The summed E-state index contributed by atoms with van der Waals surface area (Å²) in [5.74, 6) is 0.192. The SMILES string of the molecule is CCCN(Cc1ccc(C#N)cc1)C(=O)CCc1ccsc1. The van der Waals surface area contributed by atoms with E-state index in [-0.39, 0.29) is 5.91 Å². The van der Waals surface area contributed by atoms with Gasteiger partial charge in [-0.3, -0.25) is 4.79 Å². The normalized spacial score (nSPS) is 10.2. The molecule has 0 fully saturated rings. The maximum atomic E-state index is 12.4. The molecule has 0 N–H and O–H groups in total. The van der Waals surface area contributed by atoms with Gasteiger partial charge in [-0.15, -0.1) is 0 Å². The number of hydrogen-bond acceptors (Lipinski definition) is 3. The van der Waals surface area contributed by atoms with E-state index in [1.165, 1.54) is 5.56 Å². The number of rotatable bonds is 7. The van der Waals surface area contributed by atoms with Gasteiger partial charge < -0.3 is 4.90 Å². The Morgan fingerprint density at radius 2 is 2.00 bits per heavy atom. The number of thiophene rings is 1. The van der Waals surface area contributed by atoms with Crippen LogP contribution in [0.3, 0.4) is 0 Å². The summed E-state index contributed by atoms with van der Waals surface area (Å²) < 4.78 is 0. The van der Waals surface area contributed by atoms with Gasteiger partial charge in [0, 0.05) is 19.5 Å². The molecule has 1 amide bonds. The predicted octanol–water partition coefficient (Wildman–Crippen LogP) is 3.99. The Labute approximate surface area is 135 Å². The Bertz CT molecular complexity index is 626. The number of hydrogen-bond donors (Lipinski definition) is 0. The van der Waals surface area contributed by atoms with E-state index in [0.29, 0.717) is 18.5 Å². The third-order valence-corrected chi connectivity index (χ3v) is 4.24. The van der Waals surface area contributed by atoms with Gasteiger partial charge in [-0.2, -0.15) is 16.6 Å². The Kier molecular flexibility index (Phi) is 6.17. The third kappa shape index (κ3) is 4.71. The molecule has 0 bridgehead atoms. The average molecular weight is 312 g/mol. The van der Waals surface area contributed by atoms with Gasteiger partial charge in [0.25, 0.3) is 0 Å². The fraction of sp³-hybridized carbons (Fsp3) is 0.333. The Balaban J connectivity index is 1.95. The molecule has 0 aliphatic heterocycles. The molecule has 4 heteroatoms. The highest BCUT2D eigenvalue weighted by atomic mass is 32.1. The molecule has 3 nitrogen and oxygen atoms in total. The van der Waals surface area contributed by atoms with E-state index in [4.69, 9.17) is 5.26 Å². The van der Waals surface area contributed by atoms with Crippen LogP contribution in [0.5, 0.6) is 0 Å². The molecular weight excluding hydrogens is 292 g/mol. The van der Waals surface area contributed by atoms with Crippen LogP contribution < -0.4 is 0 Å². The molecule has 22 heavy (non-hydrogen) atoms. The van der Waals surface area contributed by atoms with Crippen molar-refractivity contribution in [2.45, 2.75) is 32.7 Å². The van der Waals surface area contributed by atoms with E-state index in [1.807, 2.05) is 22.4 Å². The predicted molar refractivity (Wildman–Crippen MR) is 89.5 cm³/mol. The van der Waals surface area contributed by atoms with Crippen LogP contribution in [0.2, 0.25) is 0 Å². The second-order valence-corrected chi connectivity index (χ2v) is 6.04. The molecule has 0 aliphatic rings. The zero-order valence-corrected chi connectivity index (χ0v) is 13.6. The molecular formula is C18H20N2OS. The van der Waals surface area contributed by atoms with Gasteiger partial charge >= 0.3 is 0 Å². The number of nitrogens with zero attached hydrogens (tertiary/aromatic N) is 2. The smallest absolute Gasteiger partial charge is 0.223 e. The average Bonchev–Trinajstić information content (AvgIpc) is 3.06. The fourth-order valence-electron chi connectivity index (χ4n) is 2.31. The van der Waals surface area contributed by atoms with Crippen molar-refractivity contribution >= 4 is 17.2 Å². The maximum absolute atomic E-state index is 12.4. The summed E-state index contributed by atoms with van der Waals surface area (Å²) in [4.78, 5) is 14.3. The lowest BCUT2D eigenvalue weighted by Crippen LogP contribution is -2.31. The first-order chi connectivity index (χ1) is 10.7.